The van der Waals surface area contributed by atoms with Crippen molar-refractivity contribution in [2.45, 2.75) is 19.4 Å². The van der Waals surface area contributed by atoms with Crippen LogP contribution in [0.3, 0.4) is 0 Å². The van der Waals surface area contributed by atoms with Gasteiger partial charge in [0.1, 0.15) is 5.76 Å². The summed E-state index contributed by atoms with van der Waals surface area (Å²) in [4.78, 5) is 16.3. The molecule has 0 saturated carbocycles. The minimum atomic E-state index is -0.0111. The van der Waals surface area contributed by atoms with E-state index in [-0.39, 0.29) is 5.91 Å². The molecule has 0 spiro atoms. The summed E-state index contributed by atoms with van der Waals surface area (Å²) in [6, 6.07) is 3.49. The first kappa shape index (κ1) is 14.1. The molecular weight excluding hydrogens is 242 g/mol. The Morgan fingerprint density at radius 2 is 2.11 bits per heavy atom. The van der Waals surface area contributed by atoms with Crippen LogP contribution < -0.4 is 5.73 Å². The second-order valence-corrected chi connectivity index (χ2v) is 5.47. The van der Waals surface area contributed by atoms with Crippen molar-refractivity contribution in [3.8, 4) is 0 Å². The summed E-state index contributed by atoms with van der Waals surface area (Å²) in [5, 5.41) is 0. The fourth-order valence-corrected chi connectivity index (χ4v) is 2.59. The van der Waals surface area contributed by atoms with Gasteiger partial charge >= 0.3 is 0 Å². The Morgan fingerprint density at radius 1 is 1.42 bits per heavy atom. The molecular formula is C14H23N3O2. The highest BCUT2D eigenvalue weighted by atomic mass is 16.4. The maximum atomic E-state index is 12.2. The first-order chi connectivity index (χ1) is 9.10. The highest BCUT2D eigenvalue weighted by molar-refractivity contribution is 5.91. The SMILES string of the molecule is CN(C)CC1CCN(C(=O)c2ccc(CN)o2)CC1. The molecule has 1 aromatic heterocycles. The van der Waals surface area contributed by atoms with Crippen molar-refractivity contribution >= 4 is 5.91 Å². The molecule has 1 aromatic rings. The van der Waals surface area contributed by atoms with Gasteiger partial charge in [0, 0.05) is 19.6 Å². The predicted molar refractivity (Wildman–Crippen MR) is 73.8 cm³/mol. The van der Waals surface area contributed by atoms with Gasteiger partial charge in [0.05, 0.1) is 6.54 Å². The molecule has 0 radical (unpaired) electrons. The van der Waals surface area contributed by atoms with E-state index in [9.17, 15) is 4.79 Å². The molecule has 1 saturated heterocycles. The molecule has 1 amide bonds. The Hall–Kier alpha value is -1.33. The van der Waals surface area contributed by atoms with E-state index in [0.717, 1.165) is 32.5 Å². The Bertz CT molecular complexity index is 420. The minimum absolute atomic E-state index is 0.0111. The molecule has 2 N–H and O–H groups in total. The summed E-state index contributed by atoms with van der Waals surface area (Å²) in [6.07, 6.45) is 2.13. The average molecular weight is 265 g/mol. The first-order valence-electron chi connectivity index (χ1n) is 6.83. The van der Waals surface area contributed by atoms with Gasteiger partial charge in [-0.25, -0.2) is 0 Å². The van der Waals surface area contributed by atoms with Crippen LogP contribution in [0.1, 0.15) is 29.2 Å². The number of likely N-dealkylation sites (tertiary alicyclic amines) is 1. The molecule has 2 heterocycles. The van der Waals surface area contributed by atoms with Gasteiger partial charge in [-0.05, 0) is 45.0 Å². The average Bonchev–Trinajstić information content (AvgIpc) is 2.87. The molecule has 1 aliphatic rings. The lowest BCUT2D eigenvalue weighted by atomic mass is 9.96. The van der Waals surface area contributed by atoms with Crippen LogP contribution in [0, 0.1) is 5.92 Å². The number of furan rings is 1. The van der Waals surface area contributed by atoms with Crippen LogP contribution >= 0.6 is 0 Å². The molecule has 5 heteroatoms. The summed E-state index contributed by atoms with van der Waals surface area (Å²) < 4.78 is 5.41. The zero-order valence-electron chi connectivity index (χ0n) is 11.8. The summed E-state index contributed by atoms with van der Waals surface area (Å²) >= 11 is 0. The van der Waals surface area contributed by atoms with Crippen LogP contribution in [0.2, 0.25) is 0 Å². The number of nitrogens with two attached hydrogens (primary N) is 1. The van der Waals surface area contributed by atoms with Crippen LogP contribution in [0.15, 0.2) is 16.5 Å². The van der Waals surface area contributed by atoms with Crippen molar-refractivity contribution in [2.24, 2.45) is 11.7 Å². The van der Waals surface area contributed by atoms with Crippen LogP contribution in [0.25, 0.3) is 0 Å². The second kappa shape index (κ2) is 6.21. The Kier molecular flexibility index (Phi) is 4.61. The second-order valence-electron chi connectivity index (χ2n) is 5.47. The molecule has 1 aliphatic heterocycles. The van der Waals surface area contributed by atoms with Gasteiger partial charge in [-0.1, -0.05) is 0 Å². The Balaban J connectivity index is 1.88. The lowest BCUT2D eigenvalue weighted by Gasteiger charge is -2.32. The zero-order valence-corrected chi connectivity index (χ0v) is 11.8. The third kappa shape index (κ3) is 3.58. The van der Waals surface area contributed by atoms with Crippen molar-refractivity contribution in [2.75, 3.05) is 33.7 Å². The van der Waals surface area contributed by atoms with Gasteiger partial charge in [0.15, 0.2) is 5.76 Å². The van der Waals surface area contributed by atoms with Crippen LogP contribution in [0.5, 0.6) is 0 Å². The van der Waals surface area contributed by atoms with Crippen molar-refractivity contribution in [3.05, 3.63) is 23.7 Å². The number of nitrogens with zero attached hydrogens (tertiary/aromatic N) is 2. The lowest BCUT2D eigenvalue weighted by Crippen LogP contribution is -2.40. The highest BCUT2D eigenvalue weighted by Crippen LogP contribution is 2.20. The van der Waals surface area contributed by atoms with Gasteiger partial charge in [-0.15, -0.1) is 0 Å². The normalized spacial score (nSPS) is 17.2. The van der Waals surface area contributed by atoms with E-state index in [4.69, 9.17) is 10.2 Å². The van der Waals surface area contributed by atoms with Gasteiger partial charge in [0.25, 0.3) is 5.91 Å². The number of carbonyl (C=O) groups is 1. The minimum Gasteiger partial charge on any atom is -0.455 e. The smallest absolute Gasteiger partial charge is 0.289 e. The van der Waals surface area contributed by atoms with Crippen LogP contribution in [-0.2, 0) is 6.54 Å². The fourth-order valence-electron chi connectivity index (χ4n) is 2.59. The molecule has 19 heavy (non-hydrogen) atoms. The predicted octanol–water partition coefficient (Wildman–Crippen LogP) is 1.15. The van der Waals surface area contributed by atoms with E-state index in [2.05, 4.69) is 19.0 Å². The molecule has 0 unspecified atom stereocenters. The number of hydrogen-bond acceptors (Lipinski definition) is 4. The van der Waals surface area contributed by atoms with E-state index >= 15 is 0 Å². The van der Waals surface area contributed by atoms with Crippen molar-refractivity contribution < 1.29 is 9.21 Å². The first-order valence-corrected chi connectivity index (χ1v) is 6.83. The van der Waals surface area contributed by atoms with E-state index < -0.39 is 0 Å². The number of amides is 1. The third-order valence-electron chi connectivity index (χ3n) is 3.60. The number of hydrogen-bond donors (Lipinski definition) is 1. The summed E-state index contributed by atoms with van der Waals surface area (Å²) in [7, 11) is 4.18. The van der Waals surface area contributed by atoms with Crippen LogP contribution in [-0.4, -0.2) is 49.4 Å². The number of rotatable bonds is 4. The molecule has 2 rings (SSSR count). The van der Waals surface area contributed by atoms with Gasteiger partial charge < -0.3 is 20.0 Å². The quantitative estimate of drug-likeness (QED) is 0.887. The Labute approximate surface area is 114 Å². The lowest BCUT2D eigenvalue weighted by molar-refractivity contribution is 0.0644. The van der Waals surface area contributed by atoms with Crippen LogP contribution in [0.4, 0.5) is 0 Å². The standard InChI is InChI=1S/C14H23N3O2/c1-16(2)10-11-5-7-17(8-6-11)14(18)13-4-3-12(9-15)19-13/h3-4,11H,5-10,15H2,1-2H3. The number of carbonyl (C=O) groups excluding carboxylic acids is 1. The Morgan fingerprint density at radius 3 is 2.63 bits per heavy atom. The number of piperidine rings is 1. The molecule has 1 fully saturated rings. The monoisotopic (exact) mass is 265 g/mol. The summed E-state index contributed by atoms with van der Waals surface area (Å²) in [6.45, 7) is 3.06. The van der Waals surface area contributed by atoms with E-state index in [1.54, 1.807) is 12.1 Å². The third-order valence-corrected chi connectivity index (χ3v) is 3.60. The molecule has 0 bridgehead atoms. The van der Waals surface area contributed by atoms with Crippen molar-refractivity contribution in [3.63, 3.8) is 0 Å². The maximum absolute atomic E-state index is 12.2. The highest BCUT2D eigenvalue weighted by Gasteiger charge is 2.25. The van der Waals surface area contributed by atoms with Gasteiger partial charge in [0.2, 0.25) is 0 Å². The maximum Gasteiger partial charge on any atom is 0.289 e. The summed E-state index contributed by atoms with van der Waals surface area (Å²) in [5.41, 5.74) is 5.48. The molecule has 5 nitrogen and oxygen atoms in total. The fraction of sp³-hybridized carbons (Fsp3) is 0.643. The molecule has 0 aliphatic carbocycles. The van der Waals surface area contributed by atoms with Gasteiger partial charge in [-0.2, -0.15) is 0 Å². The van der Waals surface area contributed by atoms with Crippen molar-refractivity contribution in [1.82, 2.24) is 9.80 Å². The molecule has 0 atom stereocenters. The van der Waals surface area contributed by atoms with E-state index in [0.29, 0.717) is 24.0 Å². The van der Waals surface area contributed by atoms with Gasteiger partial charge in [-0.3, -0.25) is 4.79 Å². The van der Waals surface area contributed by atoms with E-state index in [1.807, 2.05) is 4.90 Å². The van der Waals surface area contributed by atoms with E-state index in [1.165, 1.54) is 0 Å². The largest absolute Gasteiger partial charge is 0.455 e. The molecule has 106 valence electrons. The van der Waals surface area contributed by atoms with Crippen molar-refractivity contribution in [1.29, 1.82) is 0 Å². The summed E-state index contributed by atoms with van der Waals surface area (Å²) in [5.74, 6) is 1.75. The topological polar surface area (TPSA) is 62.7 Å². The molecule has 0 aromatic carbocycles. The zero-order chi connectivity index (χ0) is 13.8.